The first-order valence-electron chi connectivity index (χ1n) is 8.41. The molecule has 0 saturated carbocycles. The highest BCUT2D eigenvalue weighted by atomic mass is 16.1. The predicted molar refractivity (Wildman–Crippen MR) is 90.1 cm³/mol. The molecule has 0 bridgehead atoms. The molecule has 0 aromatic carbocycles. The summed E-state index contributed by atoms with van der Waals surface area (Å²) in [4.78, 5) is 12.7. The Bertz CT molecular complexity index is 504. The Hall–Kier alpha value is -1.11. The minimum atomic E-state index is -0.217. The molecule has 116 valence electrons. The fourth-order valence-corrected chi connectivity index (χ4v) is 3.76. The van der Waals surface area contributed by atoms with Crippen molar-refractivity contribution >= 4 is 5.78 Å². The Morgan fingerprint density at radius 3 is 2.48 bits per heavy atom. The molecule has 21 heavy (non-hydrogen) atoms. The molecule has 0 amide bonds. The molecule has 0 radical (unpaired) electrons. The zero-order valence-corrected chi connectivity index (χ0v) is 14.3. The van der Waals surface area contributed by atoms with E-state index in [4.69, 9.17) is 0 Å². The maximum atomic E-state index is 12.7. The molecule has 2 aliphatic rings. The standard InChI is InChI=1S/C20H30O/c1-14(2)17-13-19(21)20(5)12-11-16(4)8-6-7-15(3)9-10-18(17)20/h7,11,13-14,18H,6,8-10,12H2,1-5H3/b15-7+,16-11+/t18-,20+/m0/s1. The third-order valence-electron chi connectivity index (χ3n) is 5.43. The van der Waals surface area contributed by atoms with Crippen LogP contribution in [0.5, 0.6) is 0 Å². The maximum absolute atomic E-state index is 12.7. The quantitative estimate of drug-likeness (QED) is 0.571. The second-order valence-electron chi connectivity index (χ2n) is 7.52. The summed E-state index contributed by atoms with van der Waals surface area (Å²) in [5.41, 5.74) is 4.06. The average molecular weight is 286 g/mol. The Labute approximate surface area is 130 Å². The van der Waals surface area contributed by atoms with Crippen molar-refractivity contribution in [3.8, 4) is 0 Å². The van der Waals surface area contributed by atoms with Crippen LogP contribution in [0.1, 0.15) is 66.7 Å². The summed E-state index contributed by atoms with van der Waals surface area (Å²) in [6.07, 6.45) is 12.1. The largest absolute Gasteiger partial charge is 0.294 e. The normalized spacial score (nSPS) is 36.2. The van der Waals surface area contributed by atoms with Gasteiger partial charge in [-0.15, -0.1) is 0 Å². The first kappa shape index (κ1) is 16.3. The van der Waals surface area contributed by atoms with Crippen molar-refractivity contribution in [1.82, 2.24) is 0 Å². The summed E-state index contributed by atoms with van der Waals surface area (Å²) in [5.74, 6) is 1.23. The van der Waals surface area contributed by atoms with Crippen LogP contribution in [-0.2, 0) is 4.79 Å². The Balaban J connectivity index is 2.36. The van der Waals surface area contributed by atoms with Crippen LogP contribution in [0.25, 0.3) is 0 Å². The van der Waals surface area contributed by atoms with Gasteiger partial charge in [-0.2, -0.15) is 0 Å². The van der Waals surface area contributed by atoms with Crippen LogP contribution in [0.15, 0.2) is 34.9 Å². The van der Waals surface area contributed by atoms with Crippen LogP contribution in [0, 0.1) is 17.3 Å². The van der Waals surface area contributed by atoms with E-state index in [9.17, 15) is 4.79 Å². The Morgan fingerprint density at radius 2 is 1.81 bits per heavy atom. The molecule has 0 aromatic heterocycles. The van der Waals surface area contributed by atoms with Gasteiger partial charge in [0, 0.05) is 5.41 Å². The van der Waals surface area contributed by atoms with Crippen molar-refractivity contribution < 1.29 is 4.79 Å². The van der Waals surface area contributed by atoms with Crippen molar-refractivity contribution in [3.63, 3.8) is 0 Å². The van der Waals surface area contributed by atoms with E-state index in [2.05, 4.69) is 46.8 Å². The van der Waals surface area contributed by atoms with E-state index in [1.165, 1.54) is 16.7 Å². The molecule has 0 heterocycles. The Kier molecular flexibility index (Phi) is 4.91. The third kappa shape index (κ3) is 3.39. The summed E-state index contributed by atoms with van der Waals surface area (Å²) in [6.45, 7) is 11.1. The van der Waals surface area contributed by atoms with E-state index >= 15 is 0 Å². The molecule has 2 aliphatic carbocycles. The van der Waals surface area contributed by atoms with Crippen molar-refractivity contribution in [2.24, 2.45) is 17.3 Å². The molecule has 1 nitrogen and oxygen atoms in total. The fraction of sp³-hybridized carbons (Fsp3) is 0.650. The summed E-state index contributed by atoms with van der Waals surface area (Å²) in [6, 6.07) is 0. The lowest BCUT2D eigenvalue weighted by Gasteiger charge is -2.33. The van der Waals surface area contributed by atoms with E-state index in [-0.39, 0.29) is 5.41 Å². The van der Waals surface area contributed by atoms with Crippen molar-refractivity contribution in [1.29, 1.82) is 0 Å². The summed E-state index contributed by atoms with van der Waals surface area (Å²) in [7, 11) is 0. The lowest BCUT2D eigenvalue weighted by molar-refractivity contribution is -0.123. The lowest BCUT2D eigenvalue weighted by atomic mass is 9.69. The molecule has 2 atom stereocenters. The highest BCUT2D eigenvalue weighted by Crippen LogP contribution is 2.48. The van der Waals surface area contributed by atoms with Crippen LogP contribution in [0.4, 0.5) is 0 Å². The Morgan fingerprint density at radius 1 is 1.14 bits per heavy atom. The second-order valence-corrected chi connectivity index (χ2v) is 7.52. The van der Waals surface area contributed by atoms with Gasteiger partial charge >= 0.3 is 0 Å². The number of carbonyl (C=O) groups excluding carboxylic acids is 1. The first-order valence-corrected chi connectivity index (χ1v) is 8.41. The van der Waals surface area contributed by atoms with Gasteiger partial charge < -0.3 is 0 Å². The van der Waals surface area contributed by atoms with Crippen molar-refractivity contribution in [2.75, 3.05) is 0 Å². The van der Waals surface area contributed by atoms with E-state index in [1.54, 1.807) is 0 Å². The van der Waals surface area contributed by atoms with Crippen LogP contribution >= 0.6 is 0 Å². The van der Waals surface area contributed by atoms with Gasteiger partial charge in [-0.3, -0.25) is 4.79 Å². The number of hydrogen-bond acceptors (Lipinski definition) is 1. The molecular weight excluding hydrogens is 256 g/mol. The monoisotopic (exact) mass is 286 g/mol. The van der Waals surface area contributed by atoms with Crippen LogP contribution < -0.4 is 0 Å². The maximum Gasteiger partial charge on any atom is 0.162 e. The minimum absolute atomic E-state index is 0.217. The third-order valence-corrected chi connectivity index (χ3v) is 5.43. The molecule has 0 spiro atoms. The zero-order chi connectivity index (χ0) is 15.6. The molecule has 0 unspecified atom stereocenters. The minimum Gasteiger partial charge on any atom is -0.294 e. The number of allylic oxidation sites excluding steroid dienone is 6. The number of rotatable bonds is 1. The van der Waals surface area contributed by atoms with Gasteiger partial charge in [0.15, 0.2) is 5.78 Å². The van der Waals surface area contributed by atoms with Crippen LogP contribution in [0.3, 0.4) is 0 Å². The average Bonchev–Trinajstić information content (AvgIpc) is 2.65. The van der Waals surface area contributed by atoms with Gasteiger partial charge in [0.1, 0.15) is 0 Å². The van der Waals surface area contributed by atoms with E-state index in [0.29, 0.717) is 17.6 Å². The molecule has 2 rings (SSSR count). The number of ketones is 1. The van der Waals surface area contributed by atoms with Gasteiger partial charge in [-0.25, -0.2) is 0 Å². The predicted octanol–water partition coefficient (Wildman–Crippen LogP) is 5.63. The van der Waals surface area contributed by atoms with Crippen molar-refractivity contribution in [3.05, 3.63) is 34.9 Å². The van der Waals surface area contributed by atoms with Gasteiger partial charge in [-0.05, 0) is 63.9 Å². The molecule has 0 fully saturated rings. The van der Waals surface area contributed by atoms with Crippen LogP contribution in [-0.4, -0.2) is 5.78 Å². The SMILES string of the molecule is C/C1=C\C[C@@]2(C)C(=O)C=C(C(C)C)[C@@H]2CC/C(C)=C/CC1. The highest BCUT2D eigenvalue weighted by molar-refractivity contribution is 5.98. The summed E-state index contributed by atoms with van der Waals surface area (Å²) >= 11 is 0. The van der Waals surface area contributed by atoms with Crippen LogP contribution in [0.2, 0.25) is 0 Å². The van der Waals surface area contributed by atoms with Gasteiger partial charge in [-0.1, -0.05) is 49.6 Å². The smallest absolute Gasteiger partial charge is 0.162 e. The van der Waals surface area contributed by atoms with E-state index < -0.39 is 0 Å². The van der Waals surface area contributed by atoms with Gasteiger partial charge in [0.2, 0.25) is 0 Å². The molecule has 0 N–H and O–H groups in total. The zero-order valence-electron chi connectivity index (χ0n) is 14.3. The van der Waals surface area contributed by atoms with E-state index in [0.717, 1.165) is 32.1 Å². The molecule has 0 aliphatic heterocycles. The molecule has 0 aromatic rings. The second kappa shape index (κ2) is 6.34. The highest BCUT2D eigenvalue weighted by Gasteiger charge is 2.46. The van der Waals surface area contributed by atoms with Gasteiger partial charge in [0.05, 0.1) is 0 Å². The molecular formula is C20H30O. The number of carbonyl (C=O) groups is 1. The van der Waals surface area contributed by atoms with E-state index in [1.807, 2.05) is 6.08 Å². The first-order chi connectivity index (χ1) is 9.84. The fourth-order valence-electron chi connectivity index (χ4n) is 3.76. The summed E-state index contributed by atoms with van der Waals surface area (Å²) in [5, 5.41) is 0. The summed E-state index contributed by atoms with van der Waals surface area (Å²) < 4.78 is 0. The number of hydrogen-bond donors (Lipinski definition) is 0. The number of fused-ring (bicyclic) bond motifs is 1. The molecule has 1 heteroatoms. The van der Waals surface area contributed by atoms with Gasteiger partial charge in [0.25, 0.3) is 0 Å². The lowest BCUT2D eigenvalue weighted by Crippen LogP contribution is -2.31. The molecule has 0 saturated heterocycles. The van der Waals surface area contributed by atoms with Crippen molar-refractivity contribution in [2.45, 2.75) is 66.7 Å². The topological polar surface area (TPSA) is 17.1 Å².